The van der Waals surface area contributed by atoms with Crippen LogP contribution in [0, 0.1) is 0 Å². The summed E-state index contributed by atoms with van der Waals surface area (Å²) in [5.41, 5.74) is 1.47. The molecule has 2 aromatic rings. The van der Waals surface area contributed by atoms with Crippen molar-refractivity contribution in [2.75, 3.05) is 5.32 Å². The monoisotopic (exact) mass is 268 g/mol. The third kappa shape index (κ3) is 3.02. The van der Waals surface area contributed by atoms with Crippen LogP contribution in [0.4, 0.5) is 5.69 Å². The molecule has 0 bridgehead atoms. The fraction of sp³-hybridized carbons (Fsp3) is 0.0833. The third-order valence-electron chi connectivity index (χ3n) is 2.28. The molecular weight excluding hydrogens is 259 g/mol. The number of aromatic nitrogens is 1. The van der Waals surface area contributed by atoms with E-state index >= 15 is 0 Å². The molecule has 88 valence electrons. The second-order valence-electron chi connectivity index (χ2n) is 3.45. The summed E-state index contributed by atoms with van der Waals surface area (Å²) in [6.07, 6.45) is 0. The lowest BCUT2D eigenvalue weighted by molar-refractivity contribution is 0.469. The van der Waals surface area contributed by atoms with E-state index in [9.17, 15) is 5.11 Å². The van der Waals surface area contributed by atoms with Crippen LogP contribution in [0.1, 0.15) is 5.56 Å². The summed E-state index contributed by atoms with van der Waals surface area (Å²) in [6, 6.07) is 10.5. The maximum Gasteiger partial charge on any atom is 0.153 e. The van der Waals surface area contributed by atoms with Gasteiger partial charge in [-0.05, 0) is 18.2 Å². The fourth-order valence-corrected chi connectivity index (χ4v) is 1.81. The minimum atomic E-state index is 0.248. The summed E-state index contributed by atoms with van der Waals surface area (Å²) >= 11 is 11.6. The predicted molar refractivity (Wildman–Crippen MR) is 69.7 cm³/mol. The zero-order valence-corrected chi connectivity index (χ0v) is 10.3. The number of anilines is 1. The molecule has 3 nitrogen and oxygen atoms in total. The Morgan fingerprint density at radius 1 is 1.12 bits per heavy atom. The van der Waals surface area contributed by atoms with E-state index in [1.54, 1.807) is 24.3 Å². The molecule has 17 heavy (non-hydrogen) atoms. The zero-order valence-electron chi connectivity index (χ0n) is 8.82. The van der Waals surface area contributed by atoms with Gasteiger partial charge in [0.1, 0.15) is 10.9 Å². The van der Waals surface area contributed by atoms with Gasteiger partial charge in [0.2, 0.25) is 0 Å². The Hall–Kier alpha value is -1.45. The highest BCUT2D eigenvalue weighted by Crippen LogP contribution is 2.23. The number of nitrogens with one attached hydrogen (secondary N) is 1. The van der Waals surface area contributed by atoms with E-state index in [1.807, 2.05) is 12.1 Å². The molecule has 0 unspecified atom stereocenters. The number of nitrogens with zero attached hydrogens (tertiary/aromatic N) is 1. The number of halogens is 2. The van der Waals surface area contributed by atoms with Gasteiger partial charge in [-0.1, -0.05) is 41.4 Å². The van der Waals surface area contributed by atoms with Crippen molar-refractivity contribution in [3.8, 4) is 5.75 Å². The molecule has 0 amide bonds. The van der Waals surface area contributed by atoms with Crippen molar-refractivity contribution < 1.29 is 5.11 Å². The van der Waals surface area contributed by atoms with E-state index < -0.39 is 0 Å². The van der Waals surface area contributed by atoms with Crippen LogP contribution in [0.3, 0.4) is 0 Å². The van der Waals surface area contributed by atoms with Gasteiger partial charge in [-0.2, -0.15) is 0 Å². The van der Waals surface area contributed by atoms with Crippen molar-refractivity contribution >= 4 is 28.9 Å². The molecule has 0 saturated heterocycles. The van der Waals surface area contributed by atoms with E-state index in [0.717, 1.165) is 5.56 Å². The highest BCUT2D eigenvalue weighted by molar-refractivity contribution is 6.34. The first-order valence-electron chi connectivity index (χ1n) is 4.99. The smallest absolute Gasteiger partial charge is 0.153 e. The van der Waals surface area contributed by atoms with Gasteiger partial charge in [0.05, 0.1) is 5.69 Å². The van der Waals surface area contributed by atoms with Gasteiger partial charge in [-0.3, -0.25) is 0 Å². The minimum absolute atomic E-state index is 0.248. The molecule has 0 radical (unpaired) electrons. The third-order valence-corrected chi connectivity index (χ3v) is 2.77. The maximum atomic E-state index is 9.59. The van der Waals surface area contributed by atoms with Crippen molar-refractivity contribution in [3.63, 3.8) is 0 Å². The SMILES string of the molecule is Oc1ccccc1CNc1ccc(Cl)nc1Cl. The first kappa shape index (κ1) is 12.0. The largest absolute Gasteiger partial charge is 0.508 e. The van der Waals surface area contributed by atoms with Crippen molar-refractivity contribution in [3.05, 3.63) is 52.3 Å². The summed E-state index contributed by atoms with van der Waals surface area (Å²) in [6.45, 7) is 0.468. The number of rotatable bonds is 3. The zero-order chi connectivity index (χ0) is 12.3. The molecule has 0 saturated carbocycles. The second-order valence-corrected chi connectivity index (χ2v) is 4.20. The first-order valence-corrected chi connectivity index (χ1v) is 5.75. The minimum Gasteiger partial charge on any atom is -0.508 e. The number of hydrogen-bond acceptors (Lipinski definition) is 3. The van der Waals surface area contributed by atoms with Crippen LogP contribution in [0.15, 0.2) is 36.4 Å². The normalized spacial score (nSPS) is 10.2. The predicted octanol–water partition coefficient (Wildman–Crippen LogP) is 3.71. The standard InChI is InChI=1S/C12H10Cl2N2O/c13-11-6-5-9(12(14)16-11)15-7-8-3-1-2-4-10(8)17/h1-6,15,17H,7H2. The molecule has 0 fully saturated rings. The highest BCUT2D eigenvalue weighted by Gasteiger charge is 2.04. The lowest BCUT2D eigenvalue weighted by atomic mass is 10.2. The summed E-state index contributed by atoms with van der Waals surface area (Å²) < 4.78 is 0. The average molecular weight is 269 g/mol. The quantitative estimate of drug-likeness (QED) is 0.835. The average Bonchev–Trinajstić information content (AvgIpc) is 2.30. The Bertz CT molecular complexity index is 532. The summed E-state index contributed by atoms with van der Waals surface area (Å²) in [5.74, 6) is 0.248. The van der Waals surface area contributed by atoms with E-state index in [0.29, 0.717) is 22.5 Å². The molecule has 5 heteroatoms. The Morgan fingerprint density at radius 2 is 1.88 bits per heavy atom. The lowest BCUT2D eigenvalue weighted by Crippen LogP contribution is -2.00. The van der Waals surface area contributed by atoms with Crippen molar-refractivity contribution in [1.29, 1.82) is 0 Å². The van der Waals surface area contributed by atoms with E-state index in [4.69, 9.17) is 23.2 Å². The Balaban J connectivity index is 2.10. The van der Waals surface area contributed by atoms with Crippen LogP contribution >= 0.6 is 23.2 Å². The Labute approximate surface area is 109 Å². The fourth-order valence-electron chi connectivity index (χ4n) is 1.39. The van der Waals surface area contributed by atoms with Crippen LogP contribution < -0.4 is 5.32 Å². The molecule has 2 rings (SSSR count). The van der Waals surface area contributed by atoms with Gasteiger partial charge in [-0.25, -0.2) is 4.98 Å². The first-order chi connectivity index (χ1) is 8.16. The van der Waals surface area contributed by atoms with Gasteiger partial charge < -0.3 is 10.4 Å². The van der Waals surface area contributed by atoms with Gasteiger partial charge in [0.25, 0.3) is 0 Å². The number of pyridine rings is 1. The van der Waals surface area contributed by atoms with Crippen molar-refractivity contribution in [2.45, 2.75) is 6.54 Å². The summed E-state index contributed by atoms with van der Waals surface area (Å²) in [4.78, 5) is 3.91. The van der Waals surface area contributed by atoms with Crippen LogP contribution in [0.25, 0.3) is 0 Å². The molecule has 0 aliphatic heterocycles. The number of phenolic OH excluding ortho intramolecular Hbond substituents is 1. The molecule has 0 atom stereocenters. The van der Waals surface area contributed by atoms with Gasteiger partial charge >= 0.3 is 0 Å². The molecule has 1 heterocycles. The number of phenols is 1. The topological polar surface area (TPSA) is 45.1 Å². The maximum absolute atomic E-state index is 9.59. The molecule has 0 aliphatic rings. The van der Waals surface area contributed by atoms with Crippen LogP contribution in [0.5, 0.6) is 5.75 Å². The van der Waals surface area contributed by atoms with Gasteiger partial charge in [0, 0.05) is 12.1 Å². The van der Waals surface area contributed by atoms with E-state index in [-0.39, 0.29) is 5.75 Å². The van der Waals surface area contributed by atoms with Gasteiger partial charge in [-0.15, -0.1) is 0 Å². The molecule has 1 aromatic heterocycles. The summed E-state index contributed by atoms with van der Waals surface area (Å²) in [5, 5.41) is 13.3. The molecular formula is C12H10Cl2N2O. The number of para-hydroxylation sites is 1. The van der Waals surface area contributed by atoms with Gasteiger partial charge in [0.15, 0.2) is 5.15 Å². The van der Waals surface area contributed by atoms with Crippen molar-refractivity contribution in [1.82, 2.24) is 4.98 Å². The molecule has 0 spiro atoms. The second kappa shape index (κ2) is 5.25. The van der Waals surface area contributed by atoms with Crippen molar-refractivity contribution in [2.24, 2.45) is 0 Å². The number of hydrogen-bond donors (Lipinski definition) is 2. The van der Waals surface area contributed by atoms with Crippen LogP contribution in [-0.2, 0) is 6.54 Å². The van der Waals surface area contributed by atoms with Crippen LogP contribution in [0.2, 0.25) is 10.3 Å². The Kier molecular flexibility index (Phi) is 3.71. The van der Waals surface area contributed by atoms with E-state index in [1.165, 1.54) is 0 Å². The summed E-state index contributed by atoms with van der Waals surface area (Å²) in [7, 11) is 0. The van der Waals surface area contributed by atoms with Crippen LogP contribution in [-0.4, -0.2) is 10.1 Å². The number of benzene rings is 1. The molecule has 1 aromatic carbocycles. The Morgan fingerprint density at radius 3 is 2.59 bits per heavy atom. The molecule has 2 N–H and O–H groups in total. The van der Waals surface area contributed by atoms with E-state index in [2.05, 4.69) is 10.3 Å². The highest BCUT2D eigenvalue weighted by atomic mass is 35.5. The number of aromatic hydroxyl groups is 1. The molecule has 0 aliphatic carbocycles. The lowest BCUT2D eigenvalue weighted by Gasteiger charge is -2.09.